The Morgan fingerprint density at radius 3 is 3.00 bits per heavy atom. The Morgan fingerprint density at radius 1 is 1.33 bits per heavy atom. The van der Waals surface area contributed by atoms with Crippen LogP contribution in [0.15, 0.2) is 24.3 Å². The molecule has 24 heavy (non-hydrogen) atoms. The molecular formula is C20H30N2O2. The number of hydrogen-bond donors (Lipinski definition) is 2. The Bertz CT molecular complexity index is 558. The number of carbonyl (C=O) groups excluding carboxylic acids is 1. The molecule has 0 aromatic heterocycles. The summed E-state index contributed by atoms with van der Waals surface area (Å²) in [5, 5.41) is 12.9. The van der Waals surface area contributed by atoms with Crippen molar-refractivity contribution in [3.8, 4) is 0 Å². The molecule has 3 rings (SSSR count). The molecule has 0 radical (unpaired) electrons. The van der Waals surface area contributed by atoms with Crippen LogP contribution in [0.3, 0.4) is 0 Å². The minimum Gasteiger partial charge on any atom is -0.393 e. The number of aryl methyl sites for hydroxylation is 1. The number of fused-ring (bicyclic) bond motifs is 1. The predicted octanol–water partition coefficient (Wildman–Crippen LogP) is 2.81. The van der Waals surface area contributed by atoms with Crippen molar-refractivity contribution in [2.75, 3.05) is 13.1 Å². The average molecular weight is 330 g/mol. The van der Waals surface area contributed by atoms with Crippen molar-refractivity contribution in [1.82, 2.24) is 10.2 Å². The zero-order valence-electron chi connectivity index (χ0n) is 14.7. The fraction of sp³-hybridized carbons (Fsp3) is 0.650. The van der Waals surface area contributed by atoms with Gasteiger partial charge < -0.3 is 10.4 Å². The monoisotopic (exact) mass is 330 g/mol. The smallest absolute Gasteiger partial charge is 0.221 e. The molecule has 0 spiro atoms. The van der Waals surface area contributed by atoms with Gasteiger partial charge in [0.25, 0.3) is 0 Å². The van der Waals surface area contributed by atoms with Gasteiger partial charge >= 0.3 is 0 Å². The molecule has 1 heterocycles. The zero-order valence-corrected chi connectivity index (χ0v) is 14.7. The number of aliphatic hydroxyl groups is 1. The molecule has 1 aromatic rings. The molecule has 1 fully saturated rings. The lowest BCUT2D eigenvalue weighted by Crippen LogP contribution is -2.37. The van der Waals surface area contributed by atoms with E-state index in [4.69, 9.17) is 0 Å². The maximum atomic E-state index is 12.4. The van der Waals surface area contributed by atoms with E-state index < -0.39 is 0 Å². The van der Waals surface area contributed by atoms with E-state index in [2.05, 4.69) is 34.5 Å². The second-order valence-electron chi connectivity index (χ2n) is 7.38. The Labute approximate surface area is 145 Å². The number of nitrogens with zero attached hydrogens (tertiary/aromatic N) is 1. The fourth-order valence-electron chi connectivity index (χ4n) is 4.27. The Morgan fingerprint density at radius 2 is 2.17 bits per heavy atom. The highest BCUT2D eigenvalue weighted by Gasteiger charge is 2.26. The summed E-state index contributed by atoms with van der Waals surface area (Å²) in [6.07, 6.45) is 6.73. The molecule has 3 atom stereocenters. The first-order valence-electron chi connectivity index (χ1n) is 9.43. The molecule has 3 unspecified atom stereocenters. The van der Waals surface area contributed by atoms with Crippen LogP contribution in [0.25, 0.3) is 0 Å². The topological polar surface area (TPSA) is 52.6 Å². The predicted molar refractivity (Wildman–Crippen MR) is 95.8 cm³/mol. The van der Waals surface area contributed by atoms with E-state index in [1.165, 1.54) is 17.5 Å². The van der Waals surface area contributed by atoms with Gasteiger partial charge in [-0.25, -0.2) is 0 Å². The quantitative estimate of drug-likeness (QED) is 0.843. The van der Waals surface area contributed by atoms with Crippen molar-refractivity contribution >= 4 is 5.91 Å². The third-order valence-electron chi connectivity index (χ3n) is 5.44. The normalized spacial score (nSPS) is 25.2. The van der Waals surface area contributed by atoms with E-state index in [0.717, 1.165) is 45.2 Å². The number of rotatable bonds is 6. The molecule has 0 saturated carbocycles. The van der Waals surface area contributed by atoms with E-state index in [0.29, 0.717) is 12.5 Å². The van der Waals surface area contributed by atoms with Gasteiger partial charge in [-0.2, -0.15) is 0 Å². The molecule has 1 aliphatic carbocycles. The van der Waals surface area contributed by atoms with Gasteiger partial charge in [-0.3, -0.25) is 9.69 Å². The van der Waals surface area contributed by atoms with Crippen molar-refractivity contribution in [2.45, 2.75) is 70.1 Å². The number of likely N-dealkylation sites (tertiary alicyclic amines) is 1. The van der Waals surface area contributed by atoms with Crippen molar-refractivity contribution in [2.24, 2.45) is 0 Å². The first-order valence-corrected chi connectivity index (χ1v) is 9.43. The first kappa shape index (κ1) is 17.4. The second-order valence-corrected chi connectivity index (χ2v) is 7.38. The molecule has 1 aliphatic heterocycles. The zero-order chi connectivity index (χ0) is 16.9. The number of nitrogens with one attached hydrogen (secondary N) is 1. The molecule has 132 valence electrons. The number of amides is 1. The minimum atomic E-state index is -0.261. The summed E-state index contributed by atoms with van der Waals surface area (Å²) in [5.74, 6) is 0.152. The summed E-state index contributed by atoms with van der Waals surface area (Å²) in [6.45, 7) is 3.71. The maximum absolute atomic E-state index is 12.4. The molecular weight excluding hydrogens is 300 g/mol. The van der Waals surface area contributed by atoms with Gasteiger partial charge in [0.05, 0.1) is 12.1 Å². The lowest BCUT2D eigenvalue weighted by molar-refractivity contribution is -0.122. The van der Waals surface area contributed by atoms with E-state index in [9.17, 15) is 9.90 Å². The van der Waals surface area contributed by atoms with Gasteiger partial charge in [0.2, 0.25) is 5.91 Å². The van der Waals surface area contributed by atoms with Crippen LogP contribution in [0.4, 0.5) is 0 Å². The number of hydrogen-bond acceptors (Lipinski definition) is 3. The van der Waals surface area contributed by atoms with Crippen LogP contribution < -0.4 is 5.32 Å². The number of aliphatic hydroxyl groups excluding tert-OH is 1. The van der Waals surface area contributed by atoms with Crippen molar-refractivity contribution in [3.05, 3.63) is 35.4 Å². The minimum absolute atomic E-state index is 0.152. The number of benzene rings is 1. The van der Waals surface area contributed by atoms with Crippen LogP contribution in [0.5, 0.6) is 0 Å². The lowest BCUT2D eigenvalue weighted by Gasteiger charge is -2.28. The van der Waals surface area contributed by atoms with Crippen LogP contribution in [-0.2, 0) is 11.2 Å². The van der Waals surface area contributed by atoms with Crippen molar-refractivity contribution in [3.63, 3.8) is 0 Å². The lowest BCUT2D eigenvalue weighted by atomic mass is 9.87. The van der Waals surface area contributed by atoms with Crippen LogP contribution >= 0.6 is 0 Å². The number of carbonyl (C=O) groups is 1. The van der Waals surface area contributed by atoms with E-state index in [1.807, 2.05) is 6.92 Å². The van der Waals surface area contributed by atoms with Crippen molar-refractivity contribution in [1.29, 1.82) is 0 Å². The summed E-state index contributed by atoms with van der Waals surface area (Å²) in [5.41, 5.74) is 2.68. The van der Waals surface area contributed by atoms with Crippen LogP contribution in [0.1, 0.15) is 62.6 Å². The van der Waals surface area contributed by atoms with Gasteiger partial charge in [0.15, 0.2) is 0 Å². The molecule has 1 saturated heterocycles. The maximum Gasteiger partial charge on any atom is 0.221 e. The highest BCUT2D eigenvalue weighted by Crippen LogP contribution is 2.29. The van der Waals surface area contributed by atoms with Gasteiger partial charge in [-0.05, 0) is 63.1 Å². The van der Waals surface area contributed by atoms with Crippen LogP contribution in [0, 0.1) is 0 Å². The summed E-state index contributed by atoms with van der Waals surface area (Å²) in [6, 6.07) is 9.09. The molecule has 2 N–H and O–H groups in total. The fourth-order valence-corrected chi connectivity index (χ4v) is 4.27. The summed E-state index contributed by atoms with van der Waals surface area (Å²) in [7, 11) is 0. The molecule has 1 aromatic carbocycles. The molecule has 1 amide bonds. The van der Waals surface area contributed by atoms with Gasteiger partial charge in [-0.15, -0.1) is 0 Å². The van der Waals surface area contributed by atoms with Gasteiger partial charge in [0, 0.05) is 19.0 Å². The highest BCUT2D eigenvalue weighted by molar-refractivity contribution is 5.76. The van der Waals surface area contributed by atoms with E-state index in [1.54, 1.807) is 0 Å². The standard InChI is InChI=1S/C20H30N2O2/c1-15(23)14-17-8-5-12-22(17)13-11-20(24)21-19-10-4-7-16-6-2-3-9-18(16)19/h2-3,6,9,15,17,19,23H,4-5,7-8,10-14H2,1H3,(H,21,24). The molecule has 4 heteroatoms. The Kier molecular flexibility index (Phi) is 5.90. The van der Waals surface area contributed by atoms with Crippen molar-refractivity contribution < 1.29 is 9.90 Å². The first-order chi connectivity index (χ1) is 11.6. The SMILES string of the molecule is CC(O)CC1CCCN1CCC(=O)NC1CCCc2ccccc21. The average Bonchev–Trinajstić information content (AvgIpc) is 3.00. The molecule has 2 aliphatic rings. The van der Waals surface area contributed by atoms with Gasteiger partial charge in [-0.1, -0.05) is 24.3 Å². The Balaban J connectivity index is 1.50. The third-order valence-corrected chi connectivity index (χ3v) is 5.44. The van der Waals surface area contributed by atoms with Crippen LogP contribution in [0.2, 0.25) is 0 Å². The van der Waals surface area contributed by atoms with Gasteiger partial charge in [0.1, 0.15) is 0 Å². The van der Waals surface area contributed by atoms with Crippen LogP contribution in [-0.4, -0.2) is 41.1 Å². The summed E-state index contributed by atoms with van der Waals surface area (Å²) in [4.78, 5) is 14.8. The molecule has 4 nitrogen and oxygen atoms in total. The largest absolute Gasteiger partial charge is 0.393 e. The Hall–Kier alpha value is -1.39. The summed E-state index contributed by atoms with van der Waals surface area (Å²) < 4.78 is 0. The molecule has 0 bridgehead atoms. The second kappa shape index (κ2) is 8.13. The van der Waals surface area contributed by atoms with E-state index in [-0.39, 0.29) is 18.1 Å². The third kappa shape index (κ3) is 4.37. The van der Waals surface area contributed by atoms with E-state index >= 15 is 0 Å². The highest BCUT2D eigenvalue weighted by atomic mass is 16.3. The summed E-state index contributed by atoms with van der Waals surface area (Å²) >= 11 is 0.